The number of aliphatic imine (C=N–C) groups is 1. The van der Waals surface area contributed by atoms with Gasteiger partial charge in [-0.1, -0.05) is 36.4 Å². The molecule has 0 spiro atoms. The molecular formula is C24H32N4O3. The van der Waals surface area contributed by atoms with Gasteiger partial charge in [-0.2, -0.15) is 0 Å². The molecule has 4 atom stereocenters. The van der Waals surface area contributed by atoms with Crippen molar-refractivity contribution < 1.29 is 14.3 Å². The molecule has 0 aromatic heterocycles. The summed E-state index contributed by atoms with van der Waals surface area (Å²) in [6.45, 7) is 5.05. The number of fused-ring (bicyclic) bond motifs is 5. The highest BCUT2D eigenvalue weighted by molar-refractivity contribution is 6.06. The summed E-state index contributed by atoms with van der Waals surface area (Å²) < 4.78 is 5.19. The number of carbonyl (C=O) groups excluding carboxylic acids is 2. The smallest absolute Gasteiger partial charge is 0.233 e. The lowest BCUT2D eigenvalue weighted by molar-refractivity contribution is -0.140. The van der Waals surface area contributed by atoms with Crippen molar-refractivity contribution in [2.75, 3.05) is 26.7 Å². The van der Waals surface area contributed by atoms with Crippen LogP contribution < -0.4 is 10.6 Å². The van der Waals surface area contributed by atoms with Crippen LogP contribution in [0.25, 0.3) is 0 Å². The number of methoxy groups -OCH3 is 1. The molecule has 166 valence electrons. The molecule has 1 aromatic carbocycles. The van der Waals surface area contributed by atoms with Crippen LogP contribution in [-0.4, -0.2) is 49.4 Å². The van der Waals surface area contributed by atoms with Gasteiger partial charge in [-0.3, -0.25) is 14.5 Å². The van der Waals surface area contributed by atoms with E-state index in [2.05, 4.69) is 39.9 Å². The van der Waals surface area contributed by atoms with E-state index in [4.69, 9.17) is 4.74 Å². The second-order valence-corrected chi connectivity index (χ2v) is 8.56. The van der Waals surface area contributed by atoms with E-state index in [1.807, 2.05) is 19.1 Å². The number of amides is 2. The first kappa shape index (κ1) is 21.6. The van der Waals surface area contributed by atoms with E-state index in [0.29, 0.717) is 32.7 Å². The summed E-state index contributed by atoms with van der Waals surface area (Å²) in [5.41, 5.74) is 2.25. The predicted molar refractivity (Wildman–Crippen MR) is 119 cm³/mol. The molecule has 2 aliphatic carbocycles. The highest BCUT2D eigenvalue weighted by Gasteiger charge is 2.58. The Morgan fingerprint density at radius 3 is 2.52 bits per heavy atom. The lowest BCUT2D eigenvalue weighted by Crippen LogP contribution is -2.40. The van der Waals surface area contributed by atoms with Crippen LogP contribution in [0.4, 0.5) is 0 Å². The molecule has 31 heavy (non-hydrogen) atoms. The van der Waals surface area contributed by atoms with Crippen molar-refractivity contribution in [3.05, 3.63) is 47.5 Å². The molecule has 3 aliphatic rings. The highest BCUT2D eigenvalue weighted by atomic mass is 16.5. The highest BCUT2D eigenvalue weighted by Crippen LogP contribution is 2.52. The Hall–Kier alpha value is -2.67. The third-order valence-electron chi connectivity index (χ3n) is 6.48. The Labute approximate surface area is 183 Å². The summed E-state index contributed by atoms with van der Waals surface area (Å²) in [6, 6.07) is 8.20. The zero-order chi connectivity index (χ0) is 21.8. The first-order valence-electron chi connectivity index (χ1n) is 11.2. The Kier molecular flexibility index (Phi) is 6.70. The van der Waals surface area contributed by atoms with Crippen LogP contribution in [0.1, 0.15) is 30.9 Å². The van der Waals surface area contributed by atoms with Gasteiger partial charge in [0.25, 0.3) is 0 Å². The molecule has 2 fully saturated rings. The van der Waals surface area contributed by atoms with E-state index in [9.17, 15) is 9.59 Å². The van der Waals surface area contributed by atoms with E-state index in [0.717, 1.165) is 30.1 Å². The topological polar surface area (TPSA) is 83.0 Å². The number of rotatable bonds is 9. The van der Waals surface area contributed by atoms with E-state index in [-0.39, 0.29) is 35.5 Å². The number of carbonyl (C=O) groups is 2. The van der Waals surface area contributed by atoms with Crippen molar-refractivity contribution in [2.45, 2.75) is 32.9 Å². The summed E-state index contributed by atoms with van der Waals surface area (Å²) in [6.07, 6.45) is 5.94. The van der Waals surface area contributed by atoms with Crippen LogP contribution in [0.3, 0.4) is 0 Å². The number of guanidine groups is 1. The maximum atomic E-state index is 12.8. The van der Waals surface area contributed by atoms with Crippen molar-refractivity contribution in [1.29, 1.82) is 0 Å². The number of benzene rings is 1. The van der Waals surface area contributed by atoms with Gasteiger partial charge in [-0.25, -0.2) is 4.99 Å². The number of nitrogens with one attached hydrogen (secondary N) is 2. The summed E-state index contributed by atoms with van der Waals surface area (Å²) in [4.78, 5) is 31.7. The van der Waals surface area contributed by atoms with Crippen molar-refractivity contribution in [3.8, 4) is 0 Å². The van der Waals surface area contributed by atoms with Gasteiger partial charge >= 0.3 is 0 Å². The lowest BCUT2D eigenvalue weighted by Gasteiger charge is -2.18. The Morgan fingerprint density at radius 1 is 1.13 bits per heavy atom. The number of imide groups is 1. The molecule has 2 bridgehead atoms. The molecule has 1 heterocycles. The molecule has 1 aromatic rings. The largest absolute Gasteiger partial charge is 0.380 e. The number of nitrogens with zero attached hydrogens (tertiary/aromatic N) is 2. The normalized spacial score (nSPS) is 26.6. The van der Waals surface area contributed by atoms with Gasteiger partial charge in [-0.15, -0.1) is 0 Å². The lowest BCUT2D eigenvalue weighted by atomic mass is 9.85. The summed E-state index contributed by atoms with van der Waals surface area (Å²) in [5.74, 6) is 1.12. The van der Waals surface area contributed by atoms with Gasteiger partial charge in [0, 0.05) is 26.7 Å². The van der Waals surface area contributed by atoms with E-state index in [1.54, 1.807) is 7.11 Å². The minimum atomic E-state index is -0.108. The van der Waals surface area contributed by atoms with Crippen LogP contribution in [0.15, 0.2) is 41.4 Å². The van der Waals surface area contributed by atoms with Crippen LogP contribution in [0.2, 0.25) is 0 Å². The third kappa shape index (κ3) is 4.51. The molecule has 4 rings (SSSR count). The van der Waals surface area contributed by atoms with E-state index in [1.165, 1.54) is 4.90 Å². The molecule has 0 radical (unpaired) electrons. The van der Waals surface area contributed by atoms with E-state index >= 15 is 0 Å². The molecule has 7 heteroatoms. The summed E-state index contributed by atoms with van der Waals surface area (Å²) in [7, 11) is 1.69. The molecule has 4 unspecified atom stereocenters. The molecule has 2 N–H and O–H groups in total. The second-order valence-electron chi connectivity index (χ2n) is 8.56. The molecule has 1 saturated heterocycles. The molecule has 7 nitrogen and oxygen atoms in total. The molecule has 1 saturated carbocycles. The average Bonchev–Trinajstić information content (AvgIpc) is 3.45. The van der Waals surface area contributed by atoms with Crippen LogP contribution >= 0.6 is 0 Å². The van der Waals surface area contributed by atoms with Crippen LogP contribution in [0, 0.1) is 23.7 Å². The fourth-order valence-corrected chi connectivity index (χ4v) is 5.12. The van der Waals surface area contributed by atoms with Crippen molar-refractivity contribution in [2.24, 2.45) is 28.7 Å². The first-order chi connectivity index (χ1) is 15.1. The number of hydrogen-bond acceptors (Lipinski definition) is 4. The summed E-state index contributed by atoms with van der Waals surface area (Å²) in [5, 5.41) is 6.57. The molecule has 1 aliphatic heterocycles. The fourth-order valence-electron chi connectivity index (χ4n) is 5.12. The Bertz CT molecular complexity index is 851. The number of ether oxygens (including phenoxy) is 1. The fraction of sp³-hybridized carbons (Fsp3) is 0.542. The Morgan fingerprint density at radius 2 is 1.84 bits per heavy atom. The first-order valence-corrected chi connectivity index (χ1v) is 11.2. The molecular weight excluding hydrogens is 392 g/mol. The van der Waals surface area contributed by atoms with Gasteiger partial charge in [0.2, 0.25) is 11.8 Å². The number of allylic oxidation sites excluding steroid dienone is 2. The van der Waals surface area contributed by atoms with Crippen LogP contribution in [-0.2, 0) is 27.5 Å². The van der Waals surface area contributed by atoms with Gasteiger partial charge in [-0.05, 0) is 42.7 Å². The third-order valence-corrected chi connectivity index (χ3v) is 6.48. The summed E-state index contributed by atoms with van der Waals surface area (Å²) >= 11 is 0. The minimum Gasteiger partial charge on any atom is -0.380 e. The molecule has 2 amide bonds. The number of hydrogen-bond donors (Lipinski definition) is 2. The van der Waals surface area contributed by atoms with Crippen molar-refractivity contribution in [3.63, 3.8) is 0 Å². The van der Waals surface area contributed by atoms with E-state index < -0.39 is 0 Å². The van der Waals surface area contributed by atoms with Gasteiger partial charge in [0.15, 0.2) is 5.96 Å². The number of likely N-dealkylation sites (tertiary alicyclic amines) is 1. The maximum Gasteiger partial charge on any atom is 0.233 e. The Balaban J connectivity index is 1.26. The predicted octanol–water partition coefficient (Wildman–Crippen LogP) is 2.09. The monoisotopic (exact) mass is 424 g/mol. The average molecular weight is 425 g/mol. The SMILES string of the molecule is CCNC(=NCc1cccc(COC)c1)NCCCN1C(=O)C2C3C=CC(C3)C2C1=O. The standard InChI is InChI=1S/C24H32N4O3/c1-3-25-24(27-14-16-6-4-7-17(12-16)15-31-2)26-10-5-11-28-22(29)20-18-8-9-19(13-18)21(20)23(28)30/h4,6-9,12,18-21H,3,5,10-11,13-15H2,1-2H3,(H2,25,26,27). The maximum absolute atomic E-state index is 12.8. The van der Waals surface area contributed by atoms with Crippen molar-refractivity contribution in [1.82, 2.24) is 15.5 Å². The van der Waals surface area contributed by atoms with Gasteiger partial charge in [0.1, 0.15) is 0 Å². The quantitative estimate of drug-likeness (QED) is 0.209. The minimum absolute atomic E-state index is 0.0309. The zero-order valence-corrected chi connectivity index (χ0v) is 18.3. The van der Waals surface area contributed by atoms with Gasteiger partial charge < -0.3 is 15.4 Å². The zero-order valence-electron chi connectivity index (χ0n) is 18.3. The van der Waals surface area contributed by atoms with Crippen LogP contribution in [0.5, 0.6) is 0 Å². The second kappa shape index (κ2) is 9.64. The van der Waals surface area contributed by atoms with Crippen molar-refractivity contribution >= 4 is 17.8 Å². The van der Waals surface area contributed by atoms with Gasteiger partial charge in [0.05, 0.1) is 25.0 Å².